The van der Waals surface area contributed by atoms with Crippen LogP contribution in [0.3, 0.4) is 0 Å². The van der Waals surface area contributed by atoms with Crippen molar-refractivity contribution in [3.63, 3.8) is 0 Å². The van der Waals surface area contributed by atoms with Crippen LogP contribution in [0.2, 0.25) is 0 Å². The number of nitriles is 1. The highest BCUT2D eigenvalue weighted by Gasteiger charge is 2.14. The molecule has 1 aliphatic rings. The van der Waals surface area contributed by atoms with Crippen LogP contribution >= 0.6 is 0 Å². The molecule has 5 heteroatoms. The highest BCUT2D eigenvalue weighted by molar-refractivity contribution is 5.42. The Morgan fingerprint density at radius 1 is 1.48 bits per heavy atom. The molecule has 1 fully saturated rings. The van der Waals surface area contributed by atoms with E-state index in [9.17, 15) is 5.11 Å². The van der Waals surface area contributed by atoms with Crippen molar-refractivity contribution in [2.24, 2.45) is 0 Å². The molecule has 0 spiro atoms. The molecule has 1 aromatic carbocycles. The number of rotatable bonds is 8. The number of ether oxygens (including phenoxy) is 2. The maximum absolute atomic E-state index is 9.86. The van der Waals surface area contributed by atoms with Gasteiger partial charge in [-0.15, -0.1) is 0 Å². The molecule has 0 amide bonds. The van der Waals surface area contributed by atoms with E-state index in [0.29, 0.717) is 24.0 Å². The minimum absolute atomic E-state index is 0.172. The lowest BCUT2D eigenvalue weighted by molar-refractivity contribution is 0.0941. The summed E-state index contributed by atoms with van der Waals surface area (Å²) in [5, 5.41) is 22.0. The van der Waals surface area contributed by atoms with Gasteiger partial charge in [-0.3, -0.25) is 0 Å². The summed E-state index contributed by atoms with van der Waals surface area (Å²) in [7, 11) is 0. The number of hydrogen-bond acceptors (Lipinski definition) is 5. The van der Waals surface area contributed by atoms with Gasteiger partial charge in [0.05, 0.1) is 11.7 Å². The molecule has 0 aliphatic carbocycles. The van der Waals surface area contributed by atoms with E-state index in [4.69, 9.17) is 14.7 Å². The first-order valence-electron chi connectivity index (χ1n) is 7.42. The topological polar surface area (TPSA) is 74.5 Å². The van der Waals surface area contributed by atoms with E-state index in [1.165, 1.54) is 0 Å². The smallest absolute Gasteiger partial charge is 0.137 e. The number of nitrogens with one attached hydrogen (secondary N) is 1. The number of para-hydroxylation sites is 1. The fraction of sp³-hybridized carbons (Fsp3) is 0.562. The van der Waals surface area contributed by atoms with Gasteiger partial charge < -0.3 is 19.9 Å². The Labute approximate surface area is 125 Å². The largest absolute Gasteiger partial charge is 0.489 e. The second kappa shape index (κ2) is 8.63. The molecule has 0 radical (unpaired) electrons. The summed E-state index contributed by atoms with van der Waals surface area (Å²) >= 11 is 0. The Kier molecular flexibility index (Phi) is 6.48. The quantitative estimate of drug-likeness (QED) is 0.709. The number of benzene rings is 1. The standard InChI is InChI=1S/C16H22N2O3/c17-10-13-4-1-2-6-16(13)21-12-14(19)11-18-8-7-15-5-3-9-20-15/h1-2,4,6,14-15,18-19H,3,5,7-9,11-12H2. The summed E-state index contributed by atoms with van der Waals surface area (Å²) in [5.74, 6) is 0.512. The zero-order valence-corrected chi connectivity index (χ0v) is 12.1. The minimum atomic E-state index is -0.596. The highest BCUT2D eigenvalue weighted by atomic mass is 16.5. The van der Waals surface area contributed by atoms with E-state index in [0.717, 1.165) is 32.4 Å². The Balaban J connectivity index is 1.61. The van der Waals surface area contributed by atoms with Gasteiger partial charge in [0.2, 0.25) is 0 Å². The Bertz CT molecular complexity index is 467. The second-order valence-electron chi connectivity index (χ2n) is 5.20. The van der Waals surface area contributed by atoms with Crippen molar-refractivity contribution >= 4 is 0 Å². The maximum atomic E-state index is 9.86. The Morgan fingerprint density at radius 3 is 3.10 bits per heavy atom. The number of aliphatic hydroxyl groups excluding tert-OH is 1. The van der Waals surface area contributed by atoms with Gasteiger partial charge >= 0.3 is 0 Å². The van der Waals surface area contributed by atoms with Crippen LogP contribution in [-0.4, -0.2) is 43.6 Å². The Morgan fingerprint density at radius 2 is 2.33 bits per heavy atom. The summed E-state index contributed by atoms with van der Waals surface area (Å²) in [6, 6.07) is 9.09. The van der Waals surface area contributed by atoms with E-state index in [1.54, 1.807) is 18.2 Å². The number of hydrogen-bond donors (Lipinski definition) is 2. The first kappa shape index (κ1) is 15.8. The van der Waals surface area contributed by atoms with Crippen LogP contribution in [0.15, 0.2) is 24.3 Å². The van der Waals surface area contributed by atoms with Gasteiger partial charge in [0, 0.05) is 13.2 Å². The minimum Gasteiger partial charge on any atom is -0.489 e. The molecule has 0 aromatic heterocycles. The summed E-state index contributed by atoms with van der Waals surface area (Å²) in [6.07, 6.45) is 3.04. The molecule has 1 saturated heterocycles. The van der Waals surface area contributed by atoms with Gasteiger partial charge in [0.25, 0.3) is 0 Å². The molecule has 5 nitrogen and oxygen atoms in total. The van der Waals surface area contributed by atoms with Crippen molar-refractivity contribution in [2.45, 2.75) is 31.5 Å². The lowest BCUT2D eigenvalue weighted by Crippen LogP contribution is -2.33. The average Bonchev–Trinajstić information content (AvgIpc) is 3.03. The fourth-order valence-corrected chi connectivity index (χ4v) is 2.33. The van der Waals surface area contributed by atoms with Gasteiger partial charge in [-0.05, 0) is 37.9 Å². The van der Waals surface area contributed by atoms with Crippen LogP contribution in [0.1, 0.15) is 24.8 Å². The van der Waals surface area contributed by atoms with Crippen LogP contribution in [0.25, 0.3) is 0 Å². The Hall–Kier alpha value is -1.61. The normalized spacial score (nSPS) is 19.1. The van der Waals surface area contributed by atoms with Gasteiger partial charge in [-0.2, -0.15) is 5.26 Å². The van der Waals surface area contributed by atoms with E-state index < -0.39 is 6.10 Å². The molecule has 21 heavy (non-hydrogen) atoms. The van der Waals surface area contributed by atoms with Gasteiger partial charge in [-0.1, -0.05) is 12.1 Å². The lowest BCUT2D eigenvalue weighted by Gasteiger charge is -2.15. The monoisotopic (exact) mass is 290 g/mol. The zero-order valence-electron chi connectivity index (χ0n) is 12.1. The van der Waals surface area contributed by atoms with Crippen LogP contribution < -0.4 is 10.1 Å². The molecule has 2 unspecified atom stereocenters. The molecular formula is C16H22N2O3. The lowest BCUT2D eigenvalue weighted by atomic mass is 10.2. The van der Waals surface area contributed by atoms with Crippen LogP contribution in [-0.2, 0) is 4.74 Å². The SMILES string of the molecule is N#Cc1ccccc1OCC(O)CNCCC1CCCO1. The van der Waals surface area contributed by atoms with E-state index in [-0.39, 0.29) is 6.61 Å². The summed E-state index contributed by atoms with van der Waals surface area (Å²) < 4.78 is 11.0. The highest BCUT2D eigenvalue weighted by Crippen LogP contribution is 2.16. The molecule has 0 saturated carbocycles. The van der Waals surface area contributed by atoms with E-state index >= 15 is 0 Å². The molecule has 1 heterocycles. The second-order valence-corrected chi connectivity index (χ2v) is 5.20. The first-order valence-corrected chi connectivity index (χ1v) is 7.42. The predicted octanol–water partition coefficient (Wildman–Crippen LogP) is 1.46. The molecule has 2 atom stereocenters. The van der Waals surface area contributed by atoms with Crippen LogP contribution in [0.4, 0.5) is 0 Å². The summed E-state index contributed by atoms with van der Waals surface area (Å²) in [6.45, 7) is 2.35. The van der Waals surface area contributed by atoms with E-state index in [1.807, 2.05) is 6.07 Å². The van der Waals surface area contributed by atoms with Crippen molar-refractivity contribution in [2.75, 3.05) is 26.3 Å². The molecular weight excluding hydrogens is 268 g/mol. The molecule has 2 N–H and O–H groups in total. The van der Waals surface area contributed by atoms with Crippen molar-refractivity contribution in [3.05, 3.63) is 29.8 Å². The van der Waals surface area contributed by atoms with E-state index in [2.05, 4.69) is 11.4 Å². The molecule has 1 aromatic rings. The van der Waals surface area contributed by atoms with Crippen LogP contribution in [0, 0.1) is 11.3 Å². The summed E-state index contributed by atoms with van der Waals surface area (Å²) in [5.41, 5.74) is 0.482. The average molecular weight is 290 g/mol. The number of aliphatic hydroxyl groups is 1. The maximum Gasteiger partial charge on any atom is 0.137 e. The van der Waals surface area contributed by atoms with Crippen molar-refractivity contribution in [1.82, 2.24) is 5.32 Å². The van der Waals surface area contributed by atoms with Crippen molar-refractivity contribution < 1.29 is 14.6 Å². The van der Waals surface area contributed by atoms with Gasteiger partial charge in [0.15, 0.2) is 0 Å². The molecule has 1 aliphatic heterocycles. The fourth-order valence-electron chi connectivity index (χ4n) is 2.33. The predicted molar refractivity (Wildman–Crippen MR) is 79.1 cm³/mol. The van der Waals surface area contributed by atoms with Crippen molar-refractivity contribution in [1.29, 1.82) is 5.26 Å². The van der Waals surface area contributed by atoms with Crippen molar-refractivity contribution in [3.8, 4) is 11.8 Å². The third-order valence-electron chi connectivity index (χ3n) is 3.49. The first-order chi connectivity index (χ1) is 10.3. The third kappa shape index (κ3) is 5.35. The molecule has 2 rings (SSSR count). The molecule has 0 bridgehead atoms. The summed E-state index contributed by atoms with van der Waals surface area (Å²) in [4.78, 5) is 0. The van der Waals surface area contributed by atoms with Crippen LogP contribution in [0.5, 0.6) is 5.75 Å². The number of nitrogens with zero attached hydrogens (tertiary/aromatic N) is 1. The third-order valence-corrected chi connectivity index (χ3v) is 3.49. The zero-order chi connectivity index (χ0) is 14.9. The van der Waals surface area contributed by atoms with Gasteiger partial charge in [-0.25, -0.2) is 0 Å². The van der Waals surface area contributed by atoms with Gasteiger partial charge in [0.1, 0.15) is 24.5 Å². The molecule has 114 valence electrons.